The quantitative estimate of drug-likeness (QED) is 0.441. The summed E-state index contributed by atoms with van der Waals surface area (Å²) in [6, 6.07) is 5.10. The summed E-state index contributed by atoms with van der Waals surface area (Å²) < 4.78 is 37.7. The molecule has 4 rings (SSSR count). The Hall–Kier alpha value is -3.11. The summed E-state index contributed by atoms with van der Waals surface area (Å²) >= 11 is 0. The summed E-state index contributed by atoms with van der Waals surface area (Å²) in [6.07, 6.45) is 9.04. The maximum Gasteiger partial charge on any atom is 0.316 e. The molecule has 1 aliphatic rings. The highest BCUT2D eigenvalue weighted by Crippen LogP contribution is 2.18. The molecule has 0 N–H and O–H groups in total. The van der Waals surface area contributed by atoms with Crippen molar-refractivity contribution in [3.63, 3.8) is 0 Å². The van der Waals surface area contributed by atoms with Gasteiger partial charge in [-0.25, -0.2) is 9.07 Å². The number of rotatable bonds is 10. The van der Waals surface area contributed by atoms with Gasteiger partial charge in [0.2, 0.25) is 0 Å². The van der Waals surface area contributed by atoms with Crippen LogP contribution in [0.5, 0.6) is 11.8 Å². The van der Waals surface area contributed by atoms with Gasteiger partial charge < -0.3 is 18.9 Å². The van der Waals surface area contributed by atoms with E-state index in [1.807, 2.05) is 0 Å². The third-order valence-corrected chi connectivity index (χ3v) is 5.06. The fourth-order valence-corrected chi connectivity index (χ4v) is 3.33. The Balaban J connectivity index is 1.30. The van der Waals surface area contributed by atoms with E-state index in [0.29, 0.717) is 36.5 Å². The zero-order valence-electron chi connectivity index (χ0n) is 17.9. The zero-order chi connectivity index (χ0) is 22.2. The van der Waals surface area contributed by atoms with Crippen molar-refractivity contribution in [2.24, 2.45) is 0 Å². The maximum atomic E-state index is 14.3. The Morgan fingerprint density at radius 1 is 1.22 bits per heavy atom. The van der Waals surface area contributed by atoms with E-state index in [0.717, 1.165) is 31.6 Å². The van der Waals surface area contributed by atoms with E-state index in [1.54, 1.807) is 30.1 Å². The number of halogens is 1. The highest BCUT2D eigenvalue weighted by atomic mass is 19.1. The molecule has 3 heterocycles. The molecule has 32 heavy (non-hydrogen) atoms. The molecule has 1 aliphatic heterocycles. The number of hydrogen-bond donors (Lipinski definition) is 0. The summed E-state index contributed by atoms with van der Waals surface area (Å²) in [6.45, 7) is 1.44. The van der Waals surface area contributed by atoms with Gasteiger partial charge in [0.05, 0.1) is 38.0 Å². The molecular formula is C22H26FN5O4. The Morgan fingerprint density at radius 3 is 2.88 bits per heavy atom. The SMILES string of the molecule is COc1cnc(OCc2cn(-c3ccc(F)c(CCCOC4CCCCO4)c3)nn2)nc1. The number of methoxy groups -OCH3 is 1. The van der Waals surface area contributed by atoms with Crippen LogP contribution in [0.3, 0.4) is 0 Å². The molecule has 9 nitrogen and oxygen atoms in total. The average Bonchev–Trinajstić information content (AvgIpc) is 3.31. The van der Waals surface area contributed by atoms with Gasteiger partial charge in [-0.1, -0.05) is 5.21 Å². The smallest absolute Gasteiger partial charge is 0.316 e. The molecule has 1 fully saturated rings. The van der Waals surface area contributed by atoms with Gasteiger partial charge >= 0.3 is 6.01 Å². The predicted molar refractivity (Wildman–Crippen MR) is 112 cm³/mol. The standard InChI is InChI=1S/C22H26FN5O4/c1-29-19-12-24-22(25-13-19)32-15-17-14-28(27-26-17)18-7-8-20(23)16(11-18)5-4-10-31-21-6-2-3-9-30-21/h7-8,11-14,21H,2-6,9-10,15H2,1H3. The zero-order valence-corrected chi connectivity index (χ0v) is 17.9. The van der Waals surface area contributed by atoms with Crippen LogP contribution in [0.1, 0.15) is 36.9 Å². The maximum absolute atomic E-state index is 14.3. The number of aryl methyl sites for hydroxylation is 1. The highest BCUT2D eigenvalue weighted by Gasteiger charge is 2.14. The second-order valence-corrected chi connectivity index (χ2v) is 7.39. The van der Waals surface area contributed by atoms with Gasteiger partial charge in [0.25, 0.3) is 0 Å². The van der Waals surface area contributed by atoms with Crippen LogP contribution in [0.4, 0.5) is 4.39 Å². The number of aromatic nitrogens is 5. The van der Waals surface area contributed by atoms with Crippen LogP contribution in [0.25, 0.3) is 5.69 Å². The summed E-state index contributed by atoms with van der Waals surface area (Å²) in [5.41, 5.74) is 1.92. The second-order valence-electron chi connectivity index (χ2n) is 7.39. The number of nitrogens with zero attached hydrogens (tertiary/aromatic N) is 5. The fraction of sp³-hybridized carbons (Fsp3) is 0.455. The number of benzene rings is 1. The van der Waals surface area contributed by atoms with Gasteiger partial charge in [-0.05, 0) is 55.9 Å². The van der Waals surface area contributed by atoms with Crippen LogP contribution in [0, 0.1) is 5.82 Å². The summed E-state index contributed by atoms with van der Waals surface area (Å²) in [7, 11) is 1.54. The largest absolute Gasteiger partial charge is 0.494 e. The lowest BCUT2D eigenvalue weighted by molar-refractivity contribution is -0.162. The molecule has 0 saturated carbocycles. The van der Waals surface area contributed by atoms with Crippen molar-refractivity contribution in [1.82, 2.24) is 25.0 Å². The van der Waals surface area contributed by atoms with Gasteiger partial charge in [0.15, 0.2) is 12.0 Å². The van der Waals surface area contributed by atoms with Gasteiger partial charge in [0.1, 0.15) is 18.1 Å². The van der Waals surface area contributed by atoms with Crippen LogP contribution in [-0.2, 0) is 22.5 Å². The van der Waals surface area contributed by atoms with Crippen LogP contribution < -0.4 is 9.47 Å². The summed E-state index contributed by atoms with van der Waals surface area (Å²) in [5.74, 6) is 0.298. The molecule has 1 saturated heterocycles. The average molecular weight is 443 g/mol. The van der Waals surface area contributed by atoms with Gasteiger partial charge in [-0.2, -0.15) is 9.97 Å². The Bertz CT molecular complexity index is 992. The number of ether oxygens (including phenoxy) is 4. The van der Waals surface area contributed by atoms with E-state index in [2.05, 4.69) is 20.3 Å². The van der Waals surface area contributed by atoms with E-state index < -0.39 is 0 Å². The molecule has 3 aromatic rings. The predicted octanol–water partition coefficient (Wildman–Crippen LogP) is 3.26. The van der Waals surface area contributed by atoms with Crippen molar-refractivity contribution in [1.29, 1.82) is 0 Å². The number of hydrogen-bond acceptors (Lipinski definition) is 8. The molecule has 0 aliphatic carbocycles. The van der Waals surface area contributed by atoms with Crippen molar-refractivity contribution in [2.75, 3.05) is 20.3 Å². The van der Waals surface area contributed by atoms with Crippen LogP contribution >= 0.6 is 0 Å². The Morgan fingerprint density at radius 2 is 2.09 bits per heavy atom. The van der Waals surface area contributed by atoms with Gasteiger partial charge in [0, 0.05) is 6.61 Å². The second kappa shape index (κ2) is 11.0. The lowest BCUT2D eigenvalue weighted by Crippen LogP contribution is -2.22. The molecule has 0 amide bonds. The van der Waals surface area contributed by atoms with Crippen molar-refractivity contribution < 1.29 is 23.3 Å². The Labute approximate surface area is 185 Å². The minimum atomic E-state index is -0.247. The normalized spacial score (nSPS) is 16.1. The first-order valence-corrected chi connectivity index (χ1v) is 10.6. The lowest BCUT2D eigenvalue weighted by atomic mass is 10.1. The highest BCUT2D eigenvalue weighted by molar-refractivity contribution is 5.36. The van der Waals surface area contributed by atoms with Crippen molar-refractivity contribution in [3.8, 4) is 17.4 Å². The van der Waals surface area contributed by atoms with E-state index in [9.17, 15) is 4.39 Å². The molecule has 10 heteroatoms. The van der Waals surface area contributed by atoms with E-state index in [1.165, 1.54) is 18.5 Å². The van der Waals surface area contributed by atoms with Crippen LogP contribution in [0.15, 0.2) is 36.8 Å². The molecule has 1 unspecified atom stereocenters. The van der Waals surface area contributed by atoms with E-state index in [4.69, 9.17) is 18.9 Å². The molecule has 0 bridgehead atoms. The summed E-state index contributed by atoms with van der Waals surface area (Å²) in [4.78, 5) is 8.09. The van der Waals surface area contributed by atoms with E-state index >= 15 is 0 Å². The van der Waals surface area contributed by atoms with Crippen molar-refractivity contribution >= 4 is 0 Å². The van der Waals surface area contributed by atoms with E-state index in [-0.39, 0.29) is 24.7 Å². The van der Waals surface area contributed by atoms with Crippen molar-refractivity contribution in [3.05, 3.63) is 53.9 Å². The first kappa shape index (κ1) is 22.1. The summed E-state index contributed by atoms with van der Waals surface area (Å²) in [5, 5.41) is 8.22. The lowest BCUT2D eigenvalue weighted by Gasteiger charge is -2.22. The first-order valence-electron chi connectivity index (χ1n) is 10.6. The minimum Gasteiger partial charge on any atom is -0.494 e. The van der Waals surface area contributed by atoms with Crippen molar-refractivity contribution in [2.45, 2.75) is 45.0 Å². The van der Waals surface area contributed by atoms with Gasteiger partial charge in [-0.15, -0.1) is 5.10 Å². The minimum absolute atomic E-state index is 0.126. The fourth-order valence-electron chi connectivity index (χ4n) is 3.33. The third-order valence-electron chi connectivity index (χ3n) is 5.06. The topological polar surface area (TPSA) is 93.4 Å². The molecule has 1 atom stereocenters. The molecule has 1 aromatic carbocycles. The molecule has 2 aromatic heterocycles. The molecule has 0 spiro atoms. The van der Waals surface area contributed by atoms with Crippen LogP contribution in [-0.4, -0.2) is 51.6 Å². The molecule has 170 valence electrons. The van der Waals surface area contributed by atoms with Crippen LogP contribution in [0.2, 0.25) is 0 Å². The molecular weight excluding hydrogens is 417 g/mol. The monoisotopic (exact) mass is 443 g/mol. The first-order chi connectivity index (χ1) is 15.7. The third kappa shape index (κ3) is 5.98. The molecule has 0 radical (unpaired) electrons. The van der Waals surface area contributed by atoms with Gasteiger partial charge in [-0.3, -0.25) is 0 Å². The Kier molecular flexibility index (Phi) is 7.57.